The number of imidazole rings is 2. The summed E-state index contributed by atoms with van der Waals surface area (Å²) in [5.41, 5.74) is 10.9. The summed E-state index contributed by atoms with van der Waals surface area (Å²) in [7, 11) is 0. The highest BCUT2D eigenvalue weighted by molar-refractivity contribution is 6.34. The van der Waals surface area contributed by atoms with Gasteiger partial charge in [-0.25, -0.2) is 9.97 Å². The molecule has 2 heterocycles. The summed E-state index contributed by atoms with van der Waals surface area (Å²) < 4.78 is 4.72. The largest absolute Gasteiger partial charge is 0.292 e. The van der Waals surface area contributed by atoms with Crippen LogP contribution < -0.4 is 0 Å². The highest BCUT2D eigenvalue weighted by Gasteiger charge is 2.24. The third-order valence-electron chi connectivity index (χ3n) is 13.2. The Labute approximate surface area is 355 Å². The summed E-state index contributed by atoms with van der Waals surface area (Å²) in [5.74, 6) is 1.85. The van der Waals surface area contributed by atoms with Crippen molar-refractivity contribution in [2.24, 2.45) is 0 Å². The van der Waals surface area contributed by atoms with Gasteiger partial charge in [0.25, 0.3) is 0 Å². The standard InChI is InChI=1S/C58H34N4/c1-3-15-43(16-4-1)61-55-47-21-9-13-39-29-27-37-11-7-19-45(49(37)51(39)47)53(55)59-57(61)41-31-23-35(24-32-41)36-25-33-42(34-26-36)58-60-54-46-20-8-12-38-28-30-40-14-10-22-48(52(40)50(38)46)56(54)62(58)44-17-5-2-6-18-44/h1-34H. The van der Waals surface area contributed by atoms with E-state index in [1.165, 1.54) is 64.6 Å². The van der Waals surface area contributed by atoms with Crippen molar-refractivity contribution in [3.8, 4) is 45.3 Å². The van der Waals surface area contributed by atoms with Gasteiger partial charge in [0, 0.05) is 44.0 Å². The van der Waals surface area contributed by atoms with Crippen LogP contribution in [-0.4, -0.2) is 19.1 Å². The van der Waals surface area contributed by atoms with Gasteiger partial charge in [-0.3, -0.25) is 9.13 Å². The molecule has 0 aliphatic heterocycles. The summed E-state index contributed by atoms with van der Waals surface area (Å²) in [4.78, 5) is 11.0. The van der Waals surface area contributed by atoms with Crippen molar-refractivity contribution in [2.45, 2.75) is 0 Å². The maximum Gasteiger partial charge on any atom is 0.145 e. The van der Waals surface area contributed by atoms with E-state index < -0.39 is 0 Å². The molecule has 0 atom stereocenters. The van der Waals surface area contributed by atoms with Crippen molar-refractivity contribution < 1.29 is 0 Å². The molecule has 0 aliphatic carbocycles. The summed E-state index contributed by atoms with van der Waals surface area (Å²) in [5, 5.41) is 14.9. The van der Waals surface area contributed by atoms with Gasteiger partial charge in [0.15, 0.2) is 0 Å². The van der Waals surface area contributed by atoms with Gasteiger partial charge < -0.3 is 0 Å². The summed E-state index contributed by atoms with van der Waals surface area (Å²) in [6.45, 7) is 0. The van der Waals surface area contributed by atoms with Crippen molar-refractivity contribution in [2.75, 3.05) is 0 Å². The van der Waals surface area contributed by atoms with Gasteiger partial charge in [-0.2, -0.15) is 0 Å². The SMILES string of the molecule is c1ccc(-n2c(-c3ccc(-c4ccc(-c5nc6c7cccc8ccc9cccc(c9c87)c6n5-c5ccccc5)cc4)cc3)nc3c4cccc5ccc6cccc(c6c54)c32)cc1. The van der Waals surface area contributed by atoms with Gasteiger partial charge in [0.2, 0.25) is 0 Å². The first-order valence-corrected chi connectivity index (χ1v) is 21.2. The first-order chi connectivity index (χ1) is 30.8. The van der Waals surface area contributed by atoms with E-state index in [2.05, 4.69) is 215 Å². The Morgan fingerprint density at radius 3 is 0.952 bits per heavy atom. The Hall–Kier alpha value is -8.34. The maximum absolute atomic E-state index is 5.51. The second kappa shape index (κ2) is 12.6. The summed E-state index contributed by atoms with van der Waals surface area (Å²) in [6.07, 6.45) is 0. The molecule has 0 N–H and O–H groups in total. The Bertz CT molecular complexity index is 3780. The molecule has 286 valence electrons. The predicted octanol–water partition coefficient (Wildman–Crippen LogP) is 15.2. The molecular formula is C58H34N4. The smallest absolute Gasteiger partial charge is 0.145 e. The molecule has 0 saturated carbocycles. The van der Waals surface area contributed by atoms with Crippen molar-refractivity contribution in [3.05, 3.63) is 206 Å². The van der Waals surface area contributed by atoms with E-state index in [0.29, 0.717) is 0 Å². The minimum absolute atomic E-state index is 0.926. The highest BCUT2D eigenvalue weighted by Crippen LogP contribution is 2.45. The lowest BCUT2D eigenvalue weighted by molar-refractivity contribution is 1.11. The van der Waals surface area contributed by atoms with Gasteiger partial charge >= 0.3 is 0 Å². The molecule has 0 amide bonds. The van der Waals surface area contributed by atoms with Crippen LogP contribution in [-0.2, 0) is 0 Å². The van der Waals surface area contributed by atoms with Crippen LogP contribution in [0.25, 0.3) is 132 Å². The Morgan fingerprint density at radius 1 is 0.258 bits per heavy atom. The first kappa shape index (κ1) is 33.5. The lowest BCUT2D eigenvalue weighted by Crippen LogP contribution is -1.98. The van der Waals surface area contributed by atoms with Gasteiger partial charge in [0.05, 0.1) is 22.1 Å². The van der Waals surface area contributed by atoms with E-state index in [-0.39, 0.29) is 0 Å². The Balaban J connectivity index is 0.917. The van der Waals surface area contributed by atoms with Crippen LogP contribution in [0.1, 0.15) is 0 Å². The lowest BCUT2D eigenvalue weighted by atomic mass is 9.93. The summed E-state index contributed by atoms with van der Waals surface area (Å²) in [6, 6.07) is 74.6. The van der Waals surface area contributed by atoms with Gasteiger partial charge in [-0.1, -0.05) is 182 Å². The average Bonchev–Trinajstić information content (AvgIpc) is 3.95. The number of rotatable bonds is 5. The molecule has 12 aromatic carbocycles. The minimum Gasteiger partial charge on any atom is -0.292 e. The molecule has 14 rings (SSSR count). The third kappa shape index (κ3) is 4.61. The molecule has 4 heteroatoms. The normalized spacial score (nSPS) is 12.2. The zero-order valence-electron chi connectivity index (χ0n) is 33.4. The number of hydrogen-bond donors (Lipinski definition) is 0. The van der Waals surface area contributed by atoms with E-state index in [0.717, 1.165) is 67.3 Å². The lowest BCUT2D eigenvalue weighted by Gasteiger charge is -2.15. The molecule has 0 spiro atoms. The van der Waals surface area contributed by atoms with Crippen LogP contribution in [0.4, 0.5) is 0 Å². The molecule has 0 radical (unpaired) electrons. The zero-order valence-corrected chi connectivity index (χ0v) is 33.4. The fraction of sp³-hybridized carbons (Fsp3) is 0. The number of hydrogen-bond acceptors (Lipinski definition) is 2. The minimum atomic E-state index is 0.926. The van der Waals surface area contributed by atoms with Crippen LogP contribution in [0.5, 0.6) is 0 Å². The van der Waals surface area contributed by atoms with E-state index in [9.17, 15) is 0 Å². The number of benzene rings is 12. The molecule has 62 heavy (non-hydrogen) atoms. The molecule has 14 aromatic rings. The van der Waals surface area contributed by atoms with Crippen molar-refractivity contribution >= 4 is 86.7 Å². The van der Waals surface area contributed by atoms with Crippen molar-refractivity contribution in [1.29, 1.82) is 0 Å². The highest BCUT2D eigenvalue weighted by atomic mass is 15.1. The Kier molecular flexibility index (Phi) is 6.80. The van der Waals surface area contributed by atoms with E-state index >= 15 is 0 Å². The number of aromatic nitrogens is 4. The third-order valence-corrected chi connectivity index (χ3v) is 13.2. The van der Waals surface area contributed by atoms with E-state index in [1.807, 2.05) is 0 Å². The molecule has 0 unspecified atom stereocenters. The second-order valence-electron chi connectivity index (χ2n) is 16.5. The van der Waals surface area contributed by atoms with E-state index in [4.69, 9.17) is 9.97 Å². The monoisotopic (exact) mass is 786 g/mol. The molecule has 0 aliphatic rings. The van der Waals surface area contributed by atoms with Crippen LogP contribution in [0.15, 0.2) is 206 Å². The molecule has 0 bridgehead atoms. The fourth-order valence-corrected chi connectivity index (χ4v) is 10.5. The molecule has 0 saturated heterocycles. The topological polar surface area (TPSA) is 35.6 Å². The average molecular weight is 787 g/mol. The van der Waals surface area contributed by atoms with Crippen LogP contribution >= 0.6 is 0 Å². The Morgan fingerprint density at radius 2 is 0.581 bits per heavy atom. The summed E-state index contributed by atoms with van der Waals surface area (Å²) >= 11 is 0. The number of nitrogens with zero attached hydrogens (tertiary/aromatic N) is 4. The molecule has 2 aromatic heterocycles. The molecule has 4 nitrogen and oxygen atoms in total. The van der Waals surface area contributed by atoms with Crippen LogP contribution in [0.2, 0.25) is 0 Å². The fourth-order valence-electron chi connectivity index (χ4n) is 10.5. The zero-order chi connectivity index (χ0) is 40.5. The number of fused-ring (bicyclic) bond motifs is 6. The van der Waals surface area contributed by atoms with Crippen molar-refractivity contribution in [1.82, 2.24) is 19.1 Å². The molecular weight excluding hydrogens is 753 g/mol. The van der Waals surface area contributed by atoms with Gasteiger partial charge in [0.1, 0.15) is 11.6 Å². The second-order valence-corrected chi connectivity index (χ2v) is 16.5. The maximum atomic E-state index is 5.51. The molecule has 0 fully saturated rings. The van der Waals surface area contributed by atoms with Gasteiger partial charge in [-0.15, -0.1) is 0 Å². The van der Waals surface area contributed by atoms with Crippen LogP contribution in [0.3, 0.4) is 0 Å². The van der Waals surface area contributed by atoms with Crippen molar-refractivity contribution in [3.63, 3.8) is 0 Å². The van der Waals surface area contributed by atoms with Gasteiger partial charge in [-0.05, 0) is 78.5 Å². The predicted molar refractivity (Wildman–Crippen MR) is 259 cm³/mol. The first-order valence-electron chi connectivity index (χ1n) is 21.2. The van der Waals surface area contributed by atoms with E-state index in [1.54, 1.807) is 0 Å². The number of para-hydroxylation sites is 2. The van der Waals surface area contributed by atoms with Crippen LogP contribution in [0, 0.1) is 0 Å². The quantitative estimate of drug-likeness (QED) is 0.163.